The minimum Gasteiger partial charge on any atom is -0.268 e. The molecule has 1 N–H and O–H groups in total. The van der Waals surface area contributed by atoms with Crippen LogP contribution in [0.2, 0.25) is 0 Å². The summed E-state index contributed by atoms with van der Waals surface area (Å²) in [5.41, 5.74) is 2.40. The van der Waals surface area contributed by atoms with Crippen molar-refractivity contribution in [1.82, 2.24) is 10.4 Å². The van der Waals surface area contributed by atoms with Gasteiger partial charge in [-0.25, -0.2) is 9.80 Å². The number of carbonyl (C=O) groups is 1. The van der Waals surface area contributed by atoms with E-state index < -0.39 is 16.5 Å². The lowest BCUT2D eigenvalue weighted by Gasteiger charge is -2.15. The van der Waals surface area contributed by atoms with Gasteiger partial charge in [0.2, 0.25) is 0 Å². The quantitative estimate of drug-likeness (QED) is 0.229. The molecule has 0 fully saturated rings. The Balaban J connectivity index is 3.25. The fourth-order valence-electron chi connectivity index (χ4n) is 3.20. The van der Waals surface area contributed by atoms with E-state index in [0.29, 0.717) is 6.54 Å². The van der Waals surface area contributed by atoms with Gasteiger partial charge < -0.3 is 0 Å². The molecule has 27 heavy (non-hydrogen) atoms. The second-order valence-electron chi connectivity index (χ2n) is 7.45. The second-order valence-corrected chi connectivity index (χ2v) is 8.07. The topological polar surface area (TPSA) is 78.8 Å². The van der Waals surface area contributed by atoms with Crippen LogP contribution >= 0.6 is 0 Å². The van der Waals surface area contributed by atoms with Crippen LogP contribution in [0.5, 0.6) is 0 Å². The molecule has 6 nitrogen and oxygen atoms in total. The van der Waals surface area contributed by atoms with Crippen LogP contribution in [0.4, 0.5) is 4.79 Å². The van der Waals surface area contributed by atoms with E-state index in [1.165, 1.54) is 89.9 Å². The van der Waals surface area contributed by atoms with Gasteiger partial charge in [0.25, 0.3) is 0 Å². The molecule has 0 rings (SSSR count). The summed E-state index contributed by atoms with van der Waals surface area (Å²) < 4.78 is 23.4. The molecule has 160 valence electrons. The zero-order chi connectivity index (χ0) is 20.2. The van der Waals surface area contributed by atoms with E-state index in [4.69, 9.17) is 0 Å². The molecule has 0 saturated heterocycles. The minimum absolute atomic E-state index is 0.700. The molecule has 0 aliphatic carbocycles. The number of carbonyl (C=O) groups excluding carboxylic acids is 1. The van der Waals surface area contributed by atoms with Gasteiger partial charge in [-0.2, -0.15) is 8.42 Å². The summed E-state index contributed by atoms with van der Waals surface area (Å²) in [6, 6.07) is -0.845. The van der Waals surface area contributed by atoms with Gasteiger partial charge in [0.15, 0.2) is 0 Å². The Bertz CT molecular complexity index is 473. The number of hydrazine groups is 1. The zero-order valence-electron chi connectivity index (χ0n) is 17.5. The average Bonchev–Trinajstić information content (AvgIpc) is 2.60. The summed E-state index contributed by atoms with van der Waals surface area (Å²) in [6.45, 7) is 2.97. The van der Waals surface area contributed by atoms with E-state index in [9.17, 15) is 13.2 Å². The summed E-state index contributed by atoms with van der Waals surface area (Å²) in [5.74, 6) is 0. The van der Waals surface area contributed by atoms with Crippen LogP contribution in [0, 0.1) is 0 Å². The van der Waals surface area contributed by atoms with Gasteiger partial charge in [-0.15, -0.1) is 0 Å². The fraction of sp³-hybridized carbons (Fsp3) is 0.950. The SMILES string of the molecule is CCCCCCCCCCCCCCCCCCN(C)NC(=O)N=S(=O)=O. The molecule has 7 heteroatoms. The van der Waals surface area contributed by atoms with E-state index in [-0.39, 0.29) is 0 Å². The van der Waals surface area contributed by atoms with Crippen LogP contribution < -0.4 is 5.43 Å². The van der Waals surface area contributed by atoms with E-state index >= 15 is 0 Å². The van der Waals surface area contributed by atoms with Crippen LogP contribution in [0.3, 0.4) is 0 Å². The van der Waals surface area contributed by atoms with Gasteiger partial charge in [0, 0.05) is 13.6 Å². The van der Waals surface area contributed by atoms with Crippen molar-refractivity contribution in [3.05, 3.63) is 0 Å². The highest BCUT2D eigenvalue weighted by atomic mass is 32.2. The number of unbranched alkanes of at least 4 members (excludes halogenated alkanes) is 15. The Hall–Kier alpha value is -0.950. The highest BCUT2D eigenvalue weighted by molar-refractivity contribution is 7.62. The first-order valence-electron chi connectivity index (χ1n) is 10.9. The van der Waals surface area contributed by atoms with Crippen molar-refractivity contribution in [1.29, 1.82) is 0 Å². The minimum atomic E-state index is -2.69. The molecule has 0 aromatic carbocycles. The first-order valence-corrected chi connectivity index (χ1v) is 11.9. The van der Waals surface area contributed by atoms with Gasteiger partial charge >= 0.3 is 16.5 Å². The van der Waals surface area contributed by atoms with Gasteiger partial charge in [-0.05, 0) is 6.42 Å². The third-order valence-electron chi connectivity index (χ3n) is 4.79. The Morgan fingerprint density at radius 2 is 1.11 bits per heavy atom. The molecule has 2 amide bonds. The smallest absolute Gasteiger partial charge is 0.268 e. The molecule has 0 unspecified atom stereocenters. The lowest BCUT2D eigenvalue weighted by molar-refractivity contribution is 0.204. The lowest BCUT2D eigenvalue weighted by Crippen LogP contribution is -2.38. The Labute approximate surface area is 168 Å². The van der Waals surface area contributed by atoms with E-state index in [2.05, 4.69) is 16.7 Å². The molecule has 0 aromatic heterocycles. The predicted octanol–water partition coefficient (Wildman–Crippen LogP) is 5.87. The van der Waals surface area contributed by atoms with Gasteiger partial charge in [-0.3, -0.25) is 5.43 Å². The van der Waals surface area contributed by atoms with Crippen LogP contribution in [-0.2, 0) is 10.5 Å². The first-order chi connectivity index (χ1) is 13.1. The van der Waals surface area contributed by atoms with Gasteiger partial charge in [0.1, 0.15) is 0 Å². The largest absolute Gasteiger partial charge is 0.370 e. The van der Waals surface area contributed by atoms with E-state index in [1.807, 2.05) is 0 Å². The Kier molecular flexibility index (Phi) is 19.1. The maximum atomic E-state index is 11.1. The van der Waals surface area contributed by atoms with Crippen LogP contribution in [-0.4, -0.2) is 33.1 Å². The highest BCUT2D eigenvalue weighted by Crippen LogP contribution is 2.13. The van der Waals surface area contributed by atoms with Crippen molar-refractivity contribution < 1.29 is 13.2 Å². The summed E-state index contributed by atoms with van der Waals surface area (Å²) in [4.78, 5) is 11.1. The van der Waals surface area contributed by atoms with Crippen molar-refractivity contribution in [3.63, 3.8) is 0 Å². The molecular weight excluding hydrogens is 362 g/mol. The van der Waals surface area contributed by atoms with Crippen molar-refractivity contribution in [3.8, 4) is 0 Å². The van der Waals surface area contributed by atoms with Gasteiger partial charge in [-0.1, -0.05) is 108 Å². The monoisotopic (exact) mass is 403 g/mol. The summed E-state index contributed by atoms with van der Waals surface area (Å²) in [6.07, 6.45) is 21.2. The van der Waals surface area contributed by atoms with Crippen molar-refractivity contribution >= 4 is 16.5 Å². The van der Waals surface area contributed by atoms with Crippen LogP contribution in [0.15, 0.2) is 4.36 Å². The molecule has 0 aliphatic heterocycles. The molecule has 0 aromatic rings. The molecule has 0 radical (unpaired) electrons. The summed E-state index contributed by atoms with van der Waals surface area (Å²) in [5, 5.41) is 1.59. The molecule has 0 spiro atoms. The average molecular weight is 404 g/mol. The molecule has 0 aliphatic rings. The van der Waals surface area contributed by atoms with Crippen molar-refractivity contribution in [2.45, 2.75) is 110 Å². The molecule has 0 atom stereocenters. The highest BCUT2D eigenvalue weighted by Gasteiger charge is 2.03. The van der Waals surface area contributed by atoms with Crippen molar-refractivity contribution in [2.24, 2.45) is 4.36 Å². The number of nitrogens with zero attached hydrogens (tertiary/aromatic N) is 2. The Morgan fingerprint density at radius 3 is 1.48 bits per heavy atom. The second kappa shape index (κ2) is 19.8. The maximum absolute atomic E-state index is 11.1. The summed E-state index contributed by atoms with van der Waals surface area (Å²) >= 11 is 0. The summed E-state index contributed by atoms with van der Waals surface area (Å²) in [7, 11) is -0.979. The molecule has 0 saturated carbocycles. The van der Waals surface area contributed by atoms with E-state index in [1.54, 1.807) is 12.1 Å². The van der Waals surface area contributed by atoms with Crippen molar-refractivity contribution in [2.75, 3.05) is 13.6 Å². The molecule has 0 heterocycles. The number of hydrogen-bond donors (Lipinski definition) is 1. The normalized spacial score (nSPS) is 10.9. The third kappa shape index (κ3) is 21.2. The van der Waals surface area contributed by atoms with Crippen LogP contribution in [0.1, 0.15) is 110 Å². The molecular formula is C20H41N3O3S. The fourth-order valence-corrected chi connectivity index (χ4v) is 3.38. The van der Waals surface area contributed by atoms with Gasteiger partial charge in [0.05, 0.1) is 0 Å². The predicted molar refractivity (Wildman–Crippen MR) is 112 cm³/mol. The first kappa shape index (κ1) is 26.1. The standard InChI is InChI=1S/C20H41N3O3S/c1-3-4-5-6-7-8-9-10-11-12-13-14-15-16-17-18-19-23(2)21-20(24)22-27(25)26/h3-19H2,1-2H3,(H,21,24). The zero-order valence-corrected chi connectivity index (χ0v) is 18.4. The number of nitrogens with one attached hydrogen (secondary N) is 1. The maximum Gasteiger partial charge on any atom is 0.370 e. The lowest BCUT2D eigenvalue weighted by atomic mass is 10.0. The number of rotatable bonds is 18. The Morgan fingerprint density at radius 1 is 0.741 bits per heavy atom. The number of amides is 2. The van der Waals surface area contributed by atoms with E-state index in [0.717, 1.165) is 12.8 Å². The third-order valence-corrected chi connectivity index (χ3v) is 5.11. The number of urea groups is 1. The van der Waals surface area contributed by atoms with Crippen LogP contribution in [0.25, 0.3) is 0 Å². The molecule has 0 bridgehead atoms. The number of hydrogen-bond acceptors (Lipinski definition) is 4.